The van der Waals surface area contributed by atoms with Gasteiger partial charge in [-0.2, -0.15) is 0 Å². The molecule has 5 aliphatic heterocycles. The number of halogens is 3. The summed E-state index contributed by atoms with van der Waals surface area (Å²) in [5.41, 5.74) is 10.1. The maximum absolute atomic E-state index is 16.9. The van der Waals surface area contributed by atoms with Gasteiger partial charge in [0.1, 0.15) is 23.3 Å². The van der Waals surface area contributed by atoms with Crippen molar-refractivity contribution in [1.82, 2.24) is 20.2 Å². The summed E-state index contributed by atoms with van der Waals surface area (Å²) >= 11 is 6.77. The minimum Gasteiger partial charge on any atom is -0.399 e. The maximum Gasteiger partial charge on any atom is 0.157 e. The molecule has 0 amide bonds. The molecule has 45 heavy (non-hydrogen) atoms. The molecule has 3 saturated heterocycles. The molecule has 9 heteroatoms. The van der Waals surface area contributed by atoms with Crippen LogP contribution in [0.1, 0.15) is 75.6 Å². The minimum atomic E-state index is -0.782. The van der Waals surface area contributed by atoms with E-state index in [0.717, 1.165) is 106 Å². The van der Waals surface area contributed by atoms with Crippen LogP contribution in [-0.2, 0) is 12.8 Å². The third kappa shape index (κ3) is 6.12. The molecule has 6 bridgehead atoms. The summed E-state index contributed by atoms with van der Waals surface area (Å²) in [4.78, 5) is 14.7. The van der Waals surface area contributed by atoms with Crippen LogP contribution < -0.4 is 16.0 Å². The third-order valence-corrected chi connectivity index (χ3v) is 11.2. The zero-order valence-corrected chi connectivity index (χ0v) is 26.9. The summed E-state index contributed by atoms with van der Waals surface area (Å²) in [6.45, 7) is 8.38. The monoisotopic (exact) mass is 634 g/mol. The van der Waals surface area contributed by atoms with Crippen LogP contribution in [0.2, 0.25) is 5.02 Å². The Morgan fingerprint density at radius 1 is 1.04 bits per heavy atom. The average molecular weight is 635 g/mol. The Morgan fingerprint density at radius 2 is 1.91 bits per heavy atom. The van der Waals surface area contributed by atoms with E-state index in [1.54, 1.807) is 6.07 Å². The minimum absolute atomic E-state index is 0.135. The Bertz CT molecular complexity index is 1600. The van der Waals surface area contributed by atoms with E-state index in [0.29, 0.717) is 59.3 Å². The maximum atomic E-state index is 16.9. The van der Waals surface area contributed by atoms with Crippen LogP contribution in [0.4, 0.5) is 20.3 Å². The number of allylic oxidation sites excluding steroid dienone is 1. The number of aromatic nitrogens is 2. The zero-order chi connectivity index (χ0) is 31.1. The van der Waals surface area contributed by atoms with Gasteiger partial charge >= 0.3 is 0 Å². The first-order valence-electron chi connectivity index (χ1n) is 16.9. The van der Waals surface area contributed by atoms with E-state index < -0.39 is 6.17 Å². The average Bonchev–Trinajstić information content (AvgIpc) is 3.54. The van der Waals surface area contributed by atoms with Crippen molar-refractivity contribution in [3.05, 3.63) is 58.8 Å². The van der Waals surface area contributed by atoms with E-state index in [4.69, 9.17) is 27.3 Å². The zero-order valence-electron chi connectivity index (χ0n) is 26.2. The molecular weight excluding hydrogens is 590 g/mol. The fourth-order valence-corrected chi connectivity index (χ4v) is 8.86. The molecule has 3 unspecified atom stereocenters. The molecule has 6 heterocycles. The van der Waals surface area contributed by atoms with E-state index in [1.165, 1.54) is 6.42 Å². The predicted molar refractivity (Wildman–Crippen MR) is 180 cm³/mol. The van der Waals surface area contributed by atoms with Crippen LogP contribution in [0.5, 0.6) is 0 Å². The molecule has 8 rings (SSSR count). The molecule has 240 valence electrons. The molecular formula is C36H45ClF2N6. The quantitative estimate of drug-likeness (QED) is 0.289. The largest absolute Gasteiger partial charge is 0.399 e. The van der Waals surface area contributed by atoms with Gasteiger partial charge in [-0.05, 0) is 112 Å². The van der Waals surface area contributed by atoms with Gasteiger partial charge in [-0.3, -0.25) is 4.90 Å². The lowest BCUT2D eigenvalue weighted by atomic mass is 9.88. The van der Waals surface area contributed by atoms with Crippen LogP contribution in [0.25, 0.3) is 22.0 Å². The third-order valence-electron chi connectivity index (χ3n) is 10.8. The molecule has 3 atom stereocenters. The lowest BCUT2D eigenvalue weighted by Crippen LogP contribution is -2.39. The number of rotatable bonds is 3. The van der Waals surface area contributed by atoms with Crippen molar-refractivity contribution >= 4 is 34.0 Å². The van der Waals surface area contributed by atoms with Crippen molar-refractivity contribution < 1.29 is 8.78 Å². The molecule has 5 aliphatic rings. The summed E-state index contributed by atoms with van der Waals surface area (Å²) in [6, 6.07) is 7.43. The molecule has 0 aliphatic carbocycles. The van der Waals surface area contributed by atoms with E-state index in [-0.39, 0.29) is 11.4 Å². The highest BCUT2D eigenvalue weighted by atomic mass is 35.5. The number of fused-ring (bicyclic) bond motifs is 9. The lowest BCUT2D eigenvalue weighted by Gasteiger charge is -2.35. The van der Waals surface area contributed by atoms with Crippen LogP contribution in [0.15, 0.2) is 36.5 Å². The van der Waals surface area contributed by atoms with Gasteiger partial charge in [-0.1, -0.05) is 24.2 Å². The first kappa shape index (κ1) is 30.7. The van der Waals surface area contributed by atoms with Gasteiger partial charge in [0.05, 0.1) is 0 Å². The van der Waals surface area contributed by atoms with Crippen LogP contribution in [-0.4, -0.2) is 59.3 Å². The fourth-order valence-electron chi connectivity index (χ4n) is 8.53. The Balaban J connectivity index is 1.33. The Kier molecular flexibility index (Phi) is 8.64. The number of aryl methyl sites for hydroxylation is 1. The van der Waals surface area contributed by atoms with Crippen LogP contribution in [0.3, 0.4) is 0 Å². The summed E-state index contributed by atoms with van der Waals surface area (Å²) in [7, 11) is 0. The van der Waals surface area contributed by atoms with Gasteiger partial charge in [0, 0.05) is 65.5 Å². The number of piperidine rings is 1. The number of anilines is 2. The molecule has 6 nitrogen and oxygen atoms in total. The number of nitrogens with two attached hydrogens (primary N) is 1. The van der Waals surface area contributed by atoms with Crippen LogP contribution in [0, 0.1) is 11.7 Å². The Hall–Kier alpha value is -2.97. The smallest absolute Gasteiger partial charge is 0.157 e. The van der Waals surface area contributed by atoms with Crippen molar-refractivity contribution in [1.29, 1.82) is 0 Å². The number of alkyl halides is 1. The van der Waals surface area contributed by atoms with Gasteiger partial charge in [0.15, 0.2) is 5.82 Å². The second-order valence-corrected chi connectivity index (χ2v) is 14.3. The highest BCUT2D eigenvalue weighted by Gasteiger charge is 2.48. The number of hydrogen-bond acceptors (Lipinski definition) is 6. The van der Waals surface area contributed by atoms with Crippen molar-refractivity contribution in [3.8, 4) is 11.1 Å². The van der Waals surface area contributed by atoms with Crippen molar-refractivity contribution in [2.75, 3.05) is 43.4 Å². The van der Waals surface area contributed by atoms with Gasteiger partial charge in [0.2, 0.25) is 0 Å². The van der Waals surface area contributed by atoms with Gasteiger partial charge in [-0.25, -0.2) is 18.7 Å². The number of nitrogen functional groups attached to an aromatic ring is 1. The van der Waals surface area contributed by atoms with E-state index in [2.05, 4.69) is 21.7 Å². The molecule has 3 aromatic rings. The number of hydrogen-bond donors (Lipinski definition) is 2. The van der Waals surface area contributed by atoms with E-state index in [1.807, 2.05) is 18.2 Å². The molecule has 0 saturated carbocycles. The van der Waals surface area contributed by atoms with Crippen molar-refractivity contribution in [3.63, 3.8) is 0 Å². The second kappa shape index (κ2) is 12.7. The first-order chi connectivity index (χ1) is 21.8. The van der Waals surface area contributed by atoms with E-state index >= 15 is 4.39 Å². The second-order valence-electron chi connectivity index (χ2n) is 13.9. The SMILES string of the molecule is C=C1CCCCc2c(Cl)cc(N)cc2-c2ccc3c(nc(CCC45CCCN4CC(F)C5)nc3c2F)N2CCCC(CCN1)C2. The molecule has 2 aromatic carbocycles. The predicted octanol–water partition coefficient (Wildman–Crippen LogP) is 7.62. The number of benzene rings is 2. The molecule has 1 aromatic heterocycles. The normalized spacial score (nSPS) is 26.1. The number of nitrogens with one attached hydrogen (secondary N) is 1. The van der Waals surface area contributed by atoms with Crippen molar-refractivity contribution in [2.45, 2.75) is 88.8 Å². The topological polar surface area (TPSA) is 70.3 Å². The molecule has 0 radical (unpaired) electrons. The summed E-state index contributed by atoms with van der Waals surface area (Å²) in [5.74, 6) is 1.60. The highest BCUT2D eigenvalue weighted by Crippen LogP contribution is 2.44. The highest BCUT2D eigenvalue weighted by molar-refractivity contribution is 6.32. The lowest BCUT2D eigenvalue weighted by molar-refractivity contribution is 0.181. The summed E-state index contributed by atoms with van der Waals surface area (Å²) in [5, 5.41) is 4.85. The fraction of sp³-hybridized carbons (Fsp3) is 0.556. The van der Waals surface area contributed by atoms with Gasteiger partial charge in [-0.15, -0.1) is 0 Å². The standard InChI is InChI=1S/C36H45ClF2N6/c1-23-6-2-3-8-27-30(18-26(40)19-31(27)37)28-9-10-29-34(33(28)39)42-32(11-14-36-13-5-17-45(36)22-25(38)20-36)43-35(29)44-16-4-7-24(21-44)12-15-41-23/h9-10,18-19,24-25,41H,1-8,11-17,20-22,40H2. The van der Waals surface area contributed by atoms with Crippen LogP contribution >= 0.6 is 11.6 Å². The van der Waals surface area contributed by atoms with Gasteiger partial charge < -0.3 is 16.0 Å². The first-order valence-corrected chi connectivity index (χ1v) is 17.3. The van der Waals surface area contributed by atoms with Gasteiger partial charge in [0.25, 0.3) is 0 Å². The van der Waals surface area contributed by atoms with E-state index in [9.17, 15) is 4.39 Å². The molecule has 0 spiro atoms. The Morgan fingerprint density at radius 3 is 2.80 bits per heavy atom. The molecule has 3 N–H and O–H groups in total. The Labute approximate surface area is 270 Å². The summed E-state index contributed by atoms with van der Waals surface area (Å²) in [6.07, 6.45) is 10.0. The summed E-state index contributed by atoms with van der Waals surface area (Å²) < 4.78 is 31.5. The van der Waals surface area contributed by atoms with Crippen molar-refractivity contribution in [2.24, 2.45) is 5.92 Å². The number of nitrogens with zero attached hydrogens (tertiary/aromatic N) is 4. The molecule has 3 fully saturated rings.